The molecule has 2 N–H and O–H groups in total. The average Bonchev–Trinajstić information content (AvgIpc) is 2.74. The quantitative estimate of drug-likeness (QED) is 0.766. The Labute approximate surface area is 80.1 Å². The molecule has 0 aliphatic heterocycles. The van der Waals surface area contributed by atoms with Gasteiger partial charge in [0, 0.05) is 13.0 Å². The molecule has 14 heavy (non-hydrogen) atoms. The van der Waals surface area contributed by atoms with Crippen molar-refractivity contribution in [3.8, 4) is 11.5 Å². The van der Waals surface area contributed by atoms with E-state index in [0.717, 1.165) is 0 Å². The van der Waals surface area contributed by atoms with Gasteiger partial charge in [-0.05, 0) is 6.92 Å². The molecule has 0 unspecified atom stereocenters. The molecule has 0 aromatic carbocycles. The zero-order valence-electron chi connectivity index (χ0n) is 7.73. The third-order valence-electron chi connectivity index (χ3n) is 1.78. The minimum Gasteiger partial charge on any atom is -0.448 e. The van der Waals surface area contributed by atoms with Gasteiger partial charge in [-0.15, -0.1) is 0 Å². The standard InChI is InChI=1S/C8H10N4O2/c1-5-7(10-4-13-5)8-11-6(2-3-9)14-12-8/h4H,2-3,9H2,1H3. The molecule has 2 rings (SSSR count). The van der Waals surface area contributed by atoms with E-state index in [1.54, 1.807) is 6.92 Å². The predicted molar refractivity (Wildman–Crippen MR) is 47.3 cm³/mol. The lowest BCUT2D eigenvalue weighted by Gasteiger charge is -1.86. The van der Waals surface area contributed by atoms with Gasteiger partial charge in [-0.1, -0.05) is 5.16 Å². The fourth-order valence-corrected chi connectivity index (χ4v) is 1.10. The Morgan fingerprint density at radius 1 is 1.50 bits per heavy atom. The van der Waals surface area contributed by atoms with Crippen LogP contribution in [0.25, 0.3) is 11.5 Å². The topological polar surface area (TPSA) is 91.0 Å². The molecular weight excluding hydrogens is 184 g/mol. The fourth-order valence-electron chi connectivity index (χ4n) is 1.10. The van der Waals surface area contributed by atoms with E-state index in [1.807, 2.05) is 0 Å². The van der Waals surface area contributed by atoms with Gasteiger partial charge in [0.1, 0.15) is 5.76 Å². The molecule has 0 bridgehead atoms. The van der Waals surface area contributed by atoms with E-state index >= 15 is 0 Å². The van der Waals surface area contributed by atoms with Crippen LogP contribution in [0, 0.1) is 6.92 Å². The molecule has 0 saturated heterocycles. The third-order valence-corrected chi connectivity index (χ3v) is 1.78. The molecule has 0 amide bonds. The molecule has 6 nitrogen and oxygen atoms in total. The maximum absolute atomic E-state index is 5.36. The van der Waals surface area contributed by atoms with Crippen molar-refractivity contribution < 1.29 is 8.94 Å². The second-order valence-corrected chi connectivity index (χ2v) is 2.81. The summed E-state index contributed by atoms with van der Waals surface area (Å²) in [5, 5.41) is 3.77. The molecule has 2 aromatic heterocycles. The highest BCUT2D eigenvalue weighted by Crippen LogP contribution is 2.17. The lowest BCUT2D eigenvalue weighted by atomic mass is 10.3. The maximum atomic E-state index is 5.36. The Bertz CT molecular complexity index is 420. The Balaban J connectivity index is 2.29. The first-order valence-electron chi connectivity index (χ1n) is 4.24. The van der Waals surface area contributed by atoms with Crippen molar-refractivity contribution in [2.24, 2.45) is 5.73 Å². The molecule has 0 radical (unpaired) electrons. The molecule has 0 atom stereocenters. The molecule has 0 saturated carbocycles. The predicted octanol–water partition coefficient (Wildman–Crippen LogP) is 0.534. The van der Waals surface area contributed by atoms with Gasteiger partial charge in [-0.2, -0.15) is 4.98 Å². The smallest absolute Gasteiger partial charge is 0.228 e. The maximum Gasteiger partial charge on any atom is 0.228 e. The molecule has 6 heteroatoms. The number of hydrogen-bond donors (Lipinski definition) is 1. The summed E-state index contributed by atoms with van der Waals surface area (Å²) in [5.41, 5.74) is 5.96. The molecule has 0 aliphatic carbocycles. The van der Waals surface area contributed by atoms with Gasteiger partial charge >= 0.3 is 0 Å². The number of rotatable bonds is 3. The monoisotopic (exact) mass is 194 g/mol. The Kier molecular flexibility index (Phi) is 2.28. The lowest BCUT2D eigenvalue weighted by Crippen LogP contribution is -2.02. The molecule has 0 fully saturated rings. The summed E-state index contributed by atoms with van der Waals surface area (Å²) in [4.78, 5) is 8.10. The minimum atomic E-state index is 0.444. The Morgan fingerprint density at radius 2 is 2.36 bits per heavy atom. The minimum absolute atomic E-state index is 0.444. The van der Waals surface area contributed by atoms with E-state index in [-0.39, 0.29) is 0 Å². The van der Waals surface area contributed by atoms with E-state index in [1.165, 1.54) is 6.39 Å². The van der Waals surface area contributed by atoms with Crippen LogP contribution in [0.5, 0.6) is 0 Å². The van der Waals surface area contributed by atoms with E-state index in [4.69, 9.17) is 14.7 Å². The number of aryl methyl sites for hydroxylation is 1. The van der Waals surface area contributed by atoms with Gasteiger partial charge in [0.15, 0.2) is 12.1 Å². The highest BCUT2D eigenvalue weighted by molar-refractivity contribution is 5.49. The lowest BCUT2D eigenvalue weighted by molar-refractivity contribution is 0.380. The zero-order valence-corrected chi connectivity index (χ0v) is 7.73. The molecular formula is C8H10N4O2. The van der Waals surface area contributed by atoms with Crippen molar-refractivity contribution in [3.05, 3.63) is 18.0 Å². The van der Waals surface area contributed by atoms with Crippen LogP contribution in [-0.4, -0.2) is 21.7 Å². The first-order chi connectivity index (χ1) is 6.81. The van der Waals surface area contributed by atoms with Crippen LogP contribution in [0.15, 0.2) is 15.3 Å². The summed E-state index contributed by atoms with van der Waals surface area (Å²) in [6.07, 6.45) is 1.92. The van der Waals surface area contributed by atoms with Gasteiger partial charge in [-0.3, -0.25) is 0 Å². The summed E-state index contributed by atoms with van der Waals surface area (Å²) in [7, 11) is 0. The summed E-state index contributed by atoms with van der Waals surface area (Å²) in [6.45, 7) is 2.28. The Hall–Kier alpha value is -1.69. The van der Waals surface area contributed by atoms with Gasteiger partial charge in [0.25, 0.3) is 0 Å². The van der Waals surface area contributed by atoms with Crippen LogP contribution in [0.1, 0.15) is 11.7 Å². The Morgan fingerprint density at radius 3 is 3.00 bits per heavy atom. The van der Waals surface area contributed by atoms with Crippen LogP contribution in [0.2, 0.25) is 0 Å². The highest BCUT2D eigenvalue weighted by atomic mass is 16.5. The SMILES string of the molecule is Cc1ocnc1-c1noc(CCN)n1. The molecule has 0 spiro atoms. The van der Waals surface area contributed by atoms with E-state index in [9.17, 15) is 0 Å². The zero-order chi connectivity index (χ0) is 9.97. The van der Waals surface area contributed by atoms with Crippen molar-refractivity contribution in [1.82, 2.24) is 15.1 Å². The van der Waals surface area contributed by atoms with Crippen molar-refractivity contribution in [2.75, 3.05) is 6.54 Å². The van der Waals surface area contributed by atoms with E-state index < -0.39 is 0 Å². The van der Waals surface area contributed by atoms with Crippen LogP contribution < -0.4 is 5.73 Å². The highest BCUT2D eigenvalue weighted by Gasteiger charge is 2.13. The summed E-state index contributed by atoms with van der Waals surface area (Å²) in [5.74, 6) is 1.63. The van der Waals surface area contributed by atoms with Crippen molar-refractivity contribution in [2.45, 2.75) is 13.3 Å². The van der Waals surface area contributed by atoms with Crippen LogP contribution in [0.3, 0.4) is 0 Å². The van der Waals surface area contributed by atoms with Crippen LogP contribution in [0.4, 0.5) is 0 Å². The summed E-state index contributed by atoms with van der Waals surface area (Å²) < 4.78 is 9.99. The number of oxazole rings is 1. The van der Waals surface area contributed by atoms with Gasteiger partial charge < -0.3 is 14.7 Å². The first-order valence-corrected chi connectivity index (χ1v) is 4.24. The molecule has 2 heterocycles. The number of aromatic nitrogens is 3. The van der Waals surface area contributed by atoms with Gasteiger partial charge in [-0.25, -0.2) is 4.98 Å². The fraction of sp³-hybridized carbons (Fsp3) is 0.375. The van der Waals surface area contributed by atoms with E-state index in [0.29, 0.717) is 36.1 Å². The normalized spacial score (nSPS) is 10.7. The van der Waals surface area contributed by atoms with Crippen LogP contribution in [-0.2, 0) is 6.42 Å². The van der Waals surface area contributed by atoms with Crippen LogP contribution >= 0.6 is 0 Å². The van der Waals surface area contributed by atoms with Crippen molar-refractivity contribution in [3.63, 3.8) is 0 Å². The molecule has 2 aromatic rings. The van der Waals surface area contributed by atoms with Gasteiger partial charge in [0.05, 0.1) is 0 Å². The number of hydrogen-bond acceptors (Lipinski definition) is 6. The molecule has 74 valence electrons. The summed E-state index contributed by atoms with van der Waals surface area (Å²) in [6, 6.07) is 0. The van der Waals surface area contributed by atoms with Crippen molar-refractivity contribution >= 4 is 0 Å². The third kappa shape index (κ3) is 1.51. The number of nitrogens with zero attached hydrogens (tertiary/aromatic N) is 3. The van der Waals surface area contributed by atoms with Gasteiger partial charge in [0.2, 0.25) is 11.7 Å². The van der Waals surface area contributed by atoms with E-state index in [2.05, 4.69) is 15.1 Å². The second kappa shape index (κ2) is 3.59. The number of nitrogens with two attached hydrogens (primary N) is 1. The van der Waals surface area contributed by atoms with Crippen molar-refractivity contribution in [1.29, 1.82) is 0 Å². The first kappa shape index (κ1) is 8.89. The largest absolute Gasteiger partial charge is 0.448 e. The average molecular weight is 194 g/mol. The summed E-state index contributed by atoms with van der Waals surface area (Å²) >= 11 is 0. The second-order valence-electron chi connectivity index (χ2n) is 2.81. The molecule has 0 aliphatic rings.